The van der Waals surface area contributed by atoms with Gasteiger partial charge in [-0.25, -0.2) is 0 Å². The van der Waals surface area contributed by atoms with Crippen molar-refractivity contribution in [2.24, 2.45) is 0 Å². The molecular formula is C24H23NO5. The first-order chi connectivity index (χ1) is 14.5. The molecule has 3 aliphatic rings. The van der Waals surface area contributed by atoms with Crippen molar-refractivity contribution >= 4 is 17.5 Å². The summed E-state index contributed by atoms with van der Waals surface area (Å²) < 4.78 is 5.75. The minimum absolute atomic E-state index is 0.0340. The zero-order valence-corrected chi connectivity index (χ0v) is 16.6. The van der Waals surface area contributed by atoms with Crippen LogP contribution in [0.2, 0.25) is 0 Å². The molecule has 1 heterocycles. The van der Waals surface area contributed by atoms with Gasteiger partial charge in [-0.1, -0.05) is 24.1 Å². The molecule has 0 spiro atoms. The summed E-state index contributed by atoms with van der Waals surface area (Å²) in [5.41, 5.74) is 3.27. The highest BCUT2D eigenvalue weighted by Gasteiger charge is 2.44. The highest BCUT2D eigenvalue weighted by atomic mass is 16.5. The van der Waals surface area contributed by atoms with Crippen LogP contribution in [0.1, 0.15) is 50.0 Å². The maximum absolute atomic E-state index is 13.1. The lowest BCUT2D eigenvalue weighted by Gasteiger charge is -2.43. The summed E-state index contributed by atoms with van der Waals surface area (Å²) in [4.78, 5) is 39.5. The minimum Gasteiger partial charge on any atom is -0.481 e. The molecule has 154 valence electrons. The number of ketones is 2. The van der Waals surface area contributed by atoms with Gasteiger partial charge in [-0.2, -0.15) is 0 Å². The van der Waals surface area contributed by atoms with E-state index < -0.39 is 11.9 Å². The Morgan fingerprint density at radius 3 is 2.23 bits per heavy atom. The van der Waals surface area contributed by atoms with Gasteiger partial charge in [0, 0.05) is 46.9 Å². The van der Waals surface area contributed by atoms with Gasteiger partial charge in [0.05, 0.1) is 0 Å². The van der Waals surface area contributed by atoms with Crippen LogP contribution < -0.4 is 4.74 Å². The van der Waals surface area contributed by atoms with Crippen LogP contribution in [0, 0.1) is 12.3 Å². The fraction of sp³-hybridized carbons (Fsp3) is 0.375. The summed E-state index contributed by atoms with van der Waals surface area (Å²) in [5.74, 6) is 1.40. The van der Waals surface area contributed by atoms with E-state index in [4.69, 9.17) is 11.2 Å². The van der Waals surface area contributed by atoms with Crippen LogP contribution >= 0.6 is 0 Å². The van der Waals surface area contributed by atoms with Crippen LogP contribution in [-0.2, 0) is 14.4 Å². The Balaban J connectivity index is 1.95. The first kappa shape index (κ1) is 20.0. The molecule has 1 aliphatic heterocycles. The van der Waals surface area contributed by atoms with E-state index in [1.807, 2.05) is 18.2 Å². The van der Waals surface area contributed by atoms with Crippen molar-refractivity contribution in [3.63, 3.8) is 0 Å². The second-order valence-electron chi connectivity index (χ2n) is 7.72. The van der Waals surface area contributed by atoms with Gasteiger partial charge in [0.25, 0.3) is 0 Å². The Hall–Kier alpha value is -3.33. The summed E-state index contributed by atoms with van der Waals surface area (Å²) in [7, 11) is 0. The number of benzene rings is 1. The average molecular weight is 405 g/mol. The van der Waals surface area contributed by atoms with E-state index in [9.17, 15) is 19.5 Å². The third kappa shape index (κ3) is 3.41. The van der Waals surface area contributed by atoms with Gasteiger partial charge in [0.1, 0.15) is 18.9 Å². The largest absolute Gasteiger partial charge is 0.481 e. The van der Waals surface area contributed by atoms with Gasteiger partial charge < -0.3 is 14.7 Å². The quantitative estimate of drug-likeness (QED) is 0.758. The third-order valence-corrected chi connectivity index (χ3v) is 5.92. The molecular weight excluding hydrogens is 382 g/mol. The first-order valence-corrected chi connectivity index (χ1v) is 10.2. The molecule has 0 amide bonds. The van der Waals surface area contributed by atoms with Crippen molar-refractivity contribution < 1.29 is 24.2 Å². The molecule has 6 nitrogen and oxygen atoms in total. The van der Waals surface area contributed by atoms with Crippen molar-refractivity contribution in [1.82, 2.24) is 4.90 Å². The average Bonchev–Trinajstić information content (AvgIpc) is 2.73. The maximum atomic E-state index is 13.1. The lowest BCUT2D eigenvalue weighted by molar-refractivity contribution is -0.138. The van der Waals surface area contributed by atoms with Gasteiger partial charge in [0.15, 0.2) is 11.6 Å². The smallest absolute Gasteiger partial charge is 0.323 e. The van der Waals surface area contributed by atoms with Gasteiger partial charge in [0.2, 0.25) is 0 Å². The second kappa shape index (κ2) is 8.19. The summed E-state index contributed by atoms with van der Waals surface area (Å²) in [5, 5.41) is 9.51. The van der Waals surface area contributed by atoms with E-state index in [2.05, 4.69) is 5.92 Å². The monoisotopic (exact) mass is 405 g/mol. The van der Waals surface area contributed by atoms with Crippen LogP contribution in [0.15, 0.2) is 46.8 Å². The predicted octanol–water partition coefficient (Wildman–Crippen LogP) is 3.20. The molecule has 0 bridgehead atoms. The highest BCUT2D eigenvalue weighted by molar-refractivity contribution is 6.06. The Labute approximate surface area is 175 Å². The number of carboxylic acid groups (broad SMARTS) is 1. The lowest BCUT2D eigenvalue weighted by Crippen LogP contribution is -2.41. The molecule has 0 aromatic heterocycles. The van der Waals surface area contributed by atoms with E-state index >= 15 is 0 Å². The van der Waals surface area contributed by atoms with Crippen molar-refractivity contribution in [3.05, 3.63) is 52.4 Å². The second-order valence-corrected chi connectivity index (χ2v) is 7.72. The molecule has 0 saturated carbocycles. The predicted molar refractivity (Wildman–Crippen MR) is 110 cm³/mol. The molecule has 0 atom stereocenters. The number of ether oxygens (including phenoxy) is 1. The first-order valence-electron chi connectivity index (χ1n) is 10.2. The SMILES string of the molecule is C#CCOc1ccccc1C1C2=C(CCCC2=O)N(CC(=O)O)C2=C1C(=O)CCC2. The normalized spacial score (nSPS) is 19.4. The van der Waals surface area contributed by atoms with Crippen molar-refractivity contribution in [2.75, 3.05) is 13.2 Å². The topological polar surface area (TPSA) is 83.9 Å². The number of hydrogen-bond donors (Lipinski definition) is 1. The van der Waals surface area contributed by atoms with Crippen molar-refractivity contribution in [1.29, 1.82) is 0 Å². The molecule has 1 aromatic rings. The zero-order valence-electron chi connectivity index (χ0n) is 16.6. The third-order valence-electron chi connectivity index (χ3n) is 5.92. The molecule has 2 aliphatic carbocycles. The van der Waals surface area contributed by atoms with Crippen LogP contribution in [0.3, 0.4) is 0 Å². The number of hydrogen-bond acceptors (Lipinski definition) is 5. The maximum Gasteiger partial charge on any atom is 0.323 e. The van der Waals surface area contributed by atoms with Crippen molar-refractivity contribution in [3.8, 4) is 18.1 Å². The Bertz CT molecular complexity index is 982. The molecule has 4 rings (SSSR count). The number of nitrogens with zero attached hydrogens (tertiary/aromatic N) is 1. The summed E-state index contributed by atoms with van der Waals surface area (Å²) in [6, 6.07) is 7.33. The fourth-order valence-corrected chi connectivity index (χ4v) is 4.82. The van der Waals surface area contributed by atoms with Crippen LogP contribution in [-0.4, -0.2) is 40.7 Å². The Morgan fingerprint density at radius 2 is 1.67 bits per heavy atom. The molecule has 0 radical (unpaired) electrons. The van der Waals surface area contributed by atoms with Gasteiger partial charge in [-0.3, -0.25) is 14.4 Å². The molecule has 1 aromatic carbocycles. The number of carbonyl (C=O) groups excluding carboxylic acids is 2. The van der Waals surface area contributed by atoms with Gasteiger partial charge in [-0.15, -0.1) is 6.42 Å². The number of terminal acetylenes is 1. The van der Waals surface area contributed by atoms with Crippen LogP contribution in [0.25, 0.3) is 0 Å². The molecule has 6 heteroatoms. The number of Topliss-reactive ketones (excluding diaryl/α,β-unsaturated/α-hetero) is 2. The number of carbonyl (C=O) groups is 3. The van der Waals surface area contributed by atoms with Crippen LogP contribution in [0.4, 0.5) is 0 Å². The summed E-state index contributed by atoms with van der Waals surface area (Å²) in [6.07, 6.45) is 8.71. The van der Waals surface area contributed by atoms with E-state index in [-0.39, 0.29) is 24.7 Å². The highest BCUT2D eigenvalue weighted by Crippen LogP contribution is 2.50. The molecule has 0 unspecified atom stereocenters. The number of rotatable bonds is 5. The number of para-hydroxylation sites is 1. The molecule has 1 N–H and O–H groups in total. The lowest BCUT2D eigenvalue weighted by atomic mass is 9.70. The molecule has 0 saturated heterocycles. The van der Waals surface area contributed by atoms with E-state index in [1.54, 1.807) is 11.0 Å². The number of carboxylic acids is 1. The Morgan fingerprint density at radius 1 is 1.07 bits per heavy atom. The fourth-order valence-electron chi connectivity index (χ4n) is 4.82. The zero-order chi connectivity index (χ0) is 21.3. The van der Waals surface area contributed by atoms with Gasteiger partial charge >= 0.3 is 5.97 Å². The van der Waals surface area contributed by atoms with E-state index in [0.717, 1.165) is 17.0 Å². The Kier molecular flexibility index (Phi) is 5.45. The van der Waals surface area contributed by atoms with E-state index in [1.165, 1.54) is 0 Å². The standard InChI is InChI=1S/C24H23NO5/c1-2-13-30-20-12-4-3-7-15(20)22-23-16(8-5-10-18(23)26)25(14-21(28)29)17-9-6-11-19(27)24(17)22/h1,3-4,7,12,22H,5-6,8-11,13-14H2,(H,28,29). The number of aliphatic carboxylic acids is 1. The summed E-state index contributed by atoms with van der Waals surface area (Å²) in [6.45, 7) is -0.172. The molecule has 0 fully saturated rings. The van der Waals surface area contributed by atoms with Crippen molar-refractivity contribution in [2.45, 2.75) is 44.4 Å². The number of allylic oxidation sites excluding steroid dienone is 4. The van der Waals surface area contributed by atoms with E-state index in [0.29, 0.717) is 55.4 Å². The van der Waals surface area contributed by atoms with Crippen LogP contribution in [0.5, 0.6) is 5.75 Å². The molecule has 30 heavy (non-hydrogen) atoms. The van der Waals surface area contributed by atoms with Gasteiger partial charge in [-0.05, 0) is 31.7 Å². The minimum atomic E-state index is -0.985. The summed E-state index contributed by atoms with van der Waals surface area (Å²) >= 11 is 0.